The van der Waals surface area contributed by atoms with Crippen LogP contribution in [0.2, 0.25) is 5.02 Å². The Morgan fingerprint density at radius 1 is 1.25 bits per heavy atom. The molecule has 0 spiro atoms. The van der Waals surface area contributed by atoms with E-state index in [0.29, 0.717) is 16.1 Å². The van der Waals surface area contributed by atoms with Gasteiger partial charge in [0.1, 0.15) is 5.01 Å². The number of carboxylic acids is 1. The summed E-state index contributed by atoms with van der Waals surface area (Å²) in [5.41, 5.74) is 1.76. The number of hydrogen-bond donors (Lipinski definition) is 3. The molecule has 0 amide bonds. The number of halogens is 1. The summed E-state index contributed by atoms with van der Waals surface area (Å²) in [4.78, 5) is 15.7. The summed E-state index contributed by atoms with van der Waals surface area (Å²) >= 11 is 7.24. The van der Waals surface area contributed by atoms with Gasteiger partial charge >= 0.3 is 5.97 Å². The number of benzene rings is 2. The first kappa shape index (κ1) is 16.3. The second-order valence-corrected chi connectivity index (χ2v) is 6.54. The molecule has 0 unspecified atom stereocenters. The van der Waals surface area contributed by atoms with E-state index in [1.54, 1.807) is 6.08 Å². The third kappa shape index (κ3) is 3.34. The van der Waals surface area contributed by atoms with Crippen molar-refractivity contribution in [2.45, 2.75) is 6.42 Å². The normalized spacial score (nSPS) is 11.8. The van der Waals surface area contributed by atoms with Gasteiger partial charge in [-0.3, -0.25) is 4.79 Å². The largest absolute Gasteiger partial charge is 0.504 e. The first-order valence-electron chi connectivity index (χ1n) is 6.94. The molecule has 0 aliphatic carbocycles. The molecule has 0 saturated carbocycles. The van der Waals surface area contributed by atoms with E-state index in [2.05, 4.69) is 4.98 Å². The third-order valence-electron chi connectivity index (χ3n) is 3.32. The molecule has 7 heteroatoms. The number of aliphatic carboxylic acids is 1. The van der Waals surface area contributed by atoms with E-state index in [4.69, 9.17) is 11.6 Å². The molecule has 5 nitrogen and oxygen atoms in total. The lowest BCUT2D eigenvalue weighted by molar-refractivity contribution is -0.135. The van der Waals surface area contributed by atoms with Crippen molar-refractivity contribution in [2.75, 3.05) is 0 Å². The van der Waals surface area contributed by atoms with Gasteiger partial charge in [0.2, 0.25) is 0 Å². The minimum atomic E-state index is -0.991. The molecule has 2 aromatic carbocycles. The van der Waals surface area contributed by atoms with Crippen LogP contribution in [-0.2, 0) is 4.79 Å². The van der Waals surface area contributed by atoms with Crippen LogP contribution in [0.15, 0.2) is 36.4 Å². The minimum Gasteiger partial charge on any atom is -0.504 e. The number of aromatic nitrogens is 1. The Hall–Kier alpha value is -2.57. The highest BCUT2D eigenvalue weighted by molar-refractivity contribution is 7.19. The number of phenolic OH excluding ortho intramolecular Hbond substituents is 2. The van der Waals surface area contributed by atoms with Gasteiger partial charge in [0, 0.05) is 0 Å². The van der Waals surface area contributed by atoms with E-state index < -0.39 is 11.7 Å². The molecule has 0 aliphatic rings. The highest BCUT2D eigenvalue weighted by Crippen LogP contribution is 2.36. The topological polar surface area (TPSA) is 90.7 Å². The second kappa shape index (κ2) is 6.51. The molecule has 0 atom stereocenters. The molecule has 1 heterocycles. The van der Waals surface area contributed by atoms with E-state index >= 15 is 0 Å². The van der Waals surface area contributed by atoms with Gasteiger partial charge < -0.3 is 15.3 Å². The van der Waals surface area contributed by atoms with Crippen molar-refractivity contribution < 1.29 is 20.1 Å². The zero-order valence-corrected chi connectivity index (χ0v) is 13.8. The second-order valence-electron chi connectivity index (χ2n) is 5.10. The molecule has 1 aromatic heterocycles. The summed E-state index contributed by atoms with van der Waals surface area (Å²) in [6.07, 6.45) is 1.37. The standard InChI is InChI=1S/C17H12ClNO4S/c18-11-6-9(7-13(20)16(11)23)5-10(8-15(21)22)17-19-12-3-1-2-4-14(12)24-17/h1-7,20,23H,8H2,(H,21,22)/b10-5+. The Kier molecular flexibility index (Phi) is 4.42. The quantitative estimate of drug-likeness (QED) is 0.600. The number of carboxylic acid groups (broad SMARTS) is 1. The fourth-order valence-corrected chi connectivity index (χ4v) is 3.45. The number of hydrogen-bond acceptors (Lipinski definition) is 5. The maximum atomic E-state index is 11.2. The Morgan fingerprint density at radius 3 is 2.67 bits per heavy atom. The molecule has 24 heavy (non-hydrogen) atoms. The van der Waals surface area contributed by atoms with E-state index in [0.717, 1.165) is 10.2 Å². The summed E-state index contributed by atoms with van der Waals surface area (Å²) in [5.74, 6) is -1.77. The highest BCUT2D eigenvalue weighted by atomic mass is 35.5. The number of fused-ring (bicyclic) bond motifs is 1. The van der Waals surface area contributed by atoms with Crippen LogP contribution in [0.25, 0.3) is 21.9 Å². The number of aromatic hydroxyl groups is 2. The predicted octanol–water partition coefficient (Wildman–Crippen LogP) is 4.38. The maximum Gasteiger partial charge on any atom is 0.307 e. The number of para-hydroxylation sites is 1. The molecule has 3 aromatic rings. The lowest BCUT2D eigenvalue weighted by Crippen LogP contribution is -1.97. The zero-order valence-electron chi connectivity index (χ0n) is 12.2. The fourth-order valence-electron chi connectivity index (χ4n) is 2.25. The van der Waals surface area contributed by atoms with Crippen molar-refractivity contribution in [1.29, 1.82) is 0 Å². The molecule has 0 bridgehead atoms. The van der Waals surface area contributed by atoms with Crippen LogP contribution in [-0.4, -0.2) is 26.3 Å². The smallest absolute Gasteiger partial charge is 0.307 e. The van der Waals surface area contributed by atoms with Crippen molar-refractivity contribution in [3.05, 3.63) is 52.0 Å². The van der Waals surface area contributed by atoms with Gasteiger partial charge in [-0.15, -0.1) is 11.3 Å². The van der Waals surface area contributed by atoms with Crippen LogP contribution in [0.1, 0.15) is 17.0 Å². The molecule has 3 rings (SSSR count). The predicted molar refractivity (Wildman–Crippen MR) is 94.5 cm³/mol. The van der Waals surface area contributed by atoms with Gasteiger partial charge in [-0.05, 0) is 41.5 Å². The molecule has 0 fully saturated rings. The van der Waals surface area contributed by atoms with Gasteiger partial charge in [-0.2, -0.15) is 0 Å². The third-order valence-corrected chi connectivity index (χ3v) is 4.72. The summed E-state index contributed by atoms with van der Waals surface area (Å²) in [6.45, 7) is 0. The Bertz CT molecular complexity index is 908. The summed E-state index contributed by atoms with van der Waals surface area (Å²) in [5, 5.41) is 28.9. The number of phenols is 2. The molecule has 3 N–H and O–H groups in total. The van der Waals surface area contributed by atoms with Crippen LogP contribution < -0.4 is 0 Å². The number of nitrogens with zero attached hydrogens (tertiary/aromatic N) is 1. The van der Waals surface area contributed by atoms with E-state index in [-0.39, 0.29) is 17.2 Å². The van der Waals surface area contributed by atoms with Crippen LogP contribution in [0, 0.1) is 0 Å². The first-order valence-corrected chi connectivity index (χ1v) is 8.13. The van der Waals surface area contributed by atoms with Crippen molar-refractivity contribution in [1.82, 2.24) is 4.98 Å². The Labute approximate surface area is 146 Å². The Balaban J connectivity index is 2.10. The minimum absolute atomic E-state index is 0.0137. The zero-order chi connectivity index (χ0) is 17.3. The van der Waals surface area contributed by atoms with Gasteiger partial charge in [-0.25, -0.2) is 4.98 Å². The number of rotatable bonds is 4. The van der Waals surface area contributed by atoms with Gasteiger partial charge in [0.25, 0.3) is 0 Å². The van der Waals surface area contributed by atoms with E-state index in [1.807, 2.05) is 24.3 Å². The molecule has 0 aliphatic heterocycles. The molecular formula is C17H12ClNO4S. The molecule has 0 radical (unpaired) electrons. The fraction of sp³-hybridized carbons (Fsp3) is 0.0588. The lowest BCUT2D eigenvalue weighted by Gasteiger charge is -2.05. The first-order chi connectivity index (χ1) is 11.4. The van der Waals surface area contributed by atoms with Crippen LogP contribution in [0.5, 0.6) is 11.5 Å². The summed E-state index contributed by atoms with van der Waals surface area (Å²) in [6, 6.07) is 10.3. The van der Waals surface area contributed by atoms with Crippen LogP contribution in [0.3, 0.4) is 0 Å². The van der Waals surface area contributed by atoms with Gasteiger partial charge in [0.05, 0.1) is 21.7 Å². The van der Waals surface area contributed by atoms with Crippen molar-refractivity contribution in [3.8, 4) is 11.5 Å². The maximum absolute atomic E-state index is 11.2. The summed E-state index contributed by atoms with van der Waals surface area (Å²) < 4.78 is 0.954. The SMILES string of the molecule is O=C(O)C/C(=C\c1cc(O)c(O)c(Cl)c1)c1nc2ccccc2s1. The molecular weight excluding hydrogens is 350 g/mol. The molecule has 0 saturated heterocycles. The summed E-state index contributed by atoms with van der Waals surface area (Å²) in [7, 11) is 0. The van der Waals surface area contributed by atoms with Crippen molar-refractivity contribution >= 4 is 50.8 Å². The van der Waals surface area contributed by atoms with Crippen molar-refractivity contribution in [3.63, 3.8) is 0 Å². The van der Waals surface area contributed by atoms with E-state index in [1.165, 1.54) is 23.5 Å². The monoisotopic (exact) mass is 361 g/mol. The van der Waals surface area contributed by atoms with Gasteiger partial charge in [-0.1, -0.05) is 23.7 Å². The van der Waals surface area contributed by atoms with Gasteiger partial charge in [0.15, 0.2) is 11.5 Å². The number of carbonyl (C=O) groups is 1. The average Bonchev–Trinajstić information content (AvgIpc) is 2.95. The van der Waals surface area contributed by atoms with E-state index in [9.17, 15) is 20.1 Å². The van der Waals surface area contributed by atoms with Crippen LogP contribution in [0.4, 0.5) is 0 Å². The highest BCUT2D eigenvalue weighted by Gasteiger charge is 2.14. The number of thiazole rings is 1. The van der Waals surface area contributed by atoms with Crippen LogP contribution >= 0.6 is 22.9 Å². The lowest BCUT2D eigenvalue weighted by atomic mass is 10.1. The Morgan fingerprint density at radius 2 is 2.00 bits per heavy atom. The molecule has 122 valence electrons. The van der Waals surface area contributed by atoms with Crippen molar-refractivity contribution in [2.24, 2.45) is 0 Å². The average molecular weight is 362 g/mol.